The van der Waals surface area contributed by atoms with Crippen molar-refractivity contribution < 1.29 is 4.79 Å². The van der Waals surface area contributed by atoms with Gasteiger partial charge in [0.15, 0.2) is 0 Å². The Morgan fingerprint density at radius 2 is 1.94 bits per heavy atom. The van der Waals surface area contributed by atoms with E-state index < -0.39 is 0 Å². The fourth-order valence-corrected chi connectivity index (χ4v) is 3.09. The molecule has 18 heavy (non-hydrogen) atoms. The third-order valence-electron chi connectivity index (χ3n) is 3.81. The van der Waals surface area contributed by atoms with E-state index in [0.717, 1.165) is 34.9 Å². The van der Waals surface area contributed by atoms with Crippen LogP contribution in [0.5, 0.6) is 0 Å². The molecule has 0 heterocycles. The number of carbonyl (C=O) groups excluding carboxylic acids is 1. The lowest BCUT2D eigenvalue weighted by Gasteiger charge is -2.34. The minimum absolute atomic E-state index is 0.0915. The van der Waals surface area contributed by atoms with Crippen molar-refractivity contribution in [3.8, 4) is 0 Å². The molecule has 0 aliphatic heterocycles. The molecule has 0 saturated heterocycles. The third-order valence-corrected chi connectivity index (χ3v) is 4.75. The van der Waals surface area contributed by atoms with Crippen LogP contribution in [0.3, 0.4) is 0 Å². The van der Waals surface area contributed by atoms with Crippen LogP contribution in [0.2, 0.25) is 0 Å². The van der Waals surface area contributed by atoms with Crippen LogP contribution in [0, 0.1) is 8.99 Å². The van der Waals surface area contributed by atoms with E-state index in [-0.39, 0.29) is 11.3 Å². The summed E-state index contributed by atoms with van der Waals surface area (Å²) in [6.45, 7) is 0.447. The molecule has 1 aromatic carbocycles. The maximum Gasteiger partial charge on any atom is 0.231 e. The number of carbonyl (C=O) groups is 1. The van der Waals surface area contributed by atoms with E-state index in [1.165, 1.54) is 6.42 Å². The summed E-state index contributed by atoms with van der Waals surface area (Å²) in [5.74, 6) is 0.0915. The largest absolute Gasteiger partial charge is 0.329 e. The Morgan fingerprint density at radius 1 is 1.28 bits per heavy atom. The molecule has 3 N–H and O–H groups in total. The van der Waals surface area contributed by atoms with E-state index >= 15 is 0 Å². The third kappa shape index (κ3) is 2.85. The summed E-state index contributed by atoms with van der Waals surface area (Å²) in [6, 6.07) is 7.84. The summed E-state index contributed by atoms with van der Waals surface area (Å²) in [5, 5.41) is 3.05. The minimum atomic E-state index is -0.350. The monoisotopic (exact) mass is 358 g/mol. The van der Waals surface area contributed by atoms with Gasteiger partial charge in [-0.2, -0.15) is 0 Å². The molecule has 0 aromatic heterocycles. The number of para-hydroxylation sites is 1. The standard InChI is InChI=1S/C14H19IN2O/c15-11-6-2-3-7-12(11)17-13(18)14(10-16)8-4-1-5-9-14/h2-3,6-7H,1,4-5,8-10,16H2,(H,17,18). The zero-order valence-corrected chi connectivity index (χ0v) is 12.6. The van der Waals surface area contributed by atoms with Gasteiger partial charge in [0.2, 0.25) is 5.91 Å². The molecule has 0 bridgehead atoms. The van der Waals surface area contributed by atoms with Gasteiger partial charge in [-0.25, -0.2) is 0 Å². The molecule has 98 valence electrons. The number of anilines is 1. The smallest absolute Gasteiger partial charge is 0.231 e. The molecule has 1 saturated carbocycles. The van der Waals surface area contributed by atoms with E-state index in [0.29, 0.717) is 6.54 Å². The SMILES string of the molecule is NCC1(C(=O)Nc2ccccc2I)CCCCC1. The minimum Gasteiger partial charge on any atom is -0.329 e. The highest BCUT2D eigenvalue weighted by atomic mass is 127. The van der Waals surface area contributed by atoms with E-state index in [9.17, 15) is 4.79 Å². The molecule has 4 heteroatoms. The zero-order chi connectivity index (χ0) is 13.0. The van der Waals surface area contributed by atoms with Gasteiger partial charge in [0.25, 0.3) is 0 Å². The van der Waals surface area contributed by atoms with E-state index in [1.807, 2.05) is 24.3 Å². The molecular formula is C14H19IN2O. The number of hydrogen-bond acceptors (Lipinski definition) is 2. The van der Waals surface area contributed by atoms with Crippen molar-refractivity contribution in [2.45, 2.75) is 32.1 Å². The lowest BCUT2D eigenvalue weighted by atomic mass is 9.73. The van der Waals surface area contributed by atoms with E-state index in [4.69, 9.17) is 5.73 Å². The second-order valence-electron chi connectivity index (χ2n) is 4.98. The molecule has 0 radical (unpaired) electrons. The molecular weight excluding hydrogens is 339 g/mol. The first-order chi connectivity index (χ1) is 8.68. The van der Waals surface area contributed by atoms with Crippen molar-refractivity contribution in [3.63, 3.8) is 0 Å². The molecule has 0 unspecified atom stereocenters. The van der Waals surface area contributed by atoms with Gasteiger partial charge >= 0.3 is 0 Å². The highest BCUT2D eigenvalue weighted by molar-refractivity contribution is 14.1. The lowest BCUT2D eigenvalue weighted by molar-refractivity contribution is -0.126. The van der Waals surface area contributed by atoms with Gasteiger partial charge in [-0.15, -0.1) is 0 Å². The van der Waals surface area contributed by atoms with Crippen LogP contribution in [0.25, 0.3) is 0 Å². The number of nitrogens with one attached hydrogen (secondary N) is 1. The van der Waals surface area contributed by atoms with Crippen molar-refractivity contribution in [1.82, 2.24) is 0 Å². The summed E-state index contributed by atoms with van der Waals surface area (Å²) in [7, 11) is 0. The van der Waals surface area contributed by atoms with Gasteiger partial charge in [-0.05, 0) is 47.6 Å². The van der Waals surface area contributed by atoms with Crippen LogP contribution >= 0.6 is 22.6 Å². The van der Waals surface area contributed by atoms with Crippen LogP contribution in [0.15, 0.2) is 24.3 Å². The highest BCUT2D eigenvalue weighted by Gasteiger charge is 2.38. The van der Waals surface area contributed by atoms with Crippen molar-refractivity contribution in [2.75, 3.05) is 11.9 Å². The van der Waals surface area contributed by atoms with Gasteiger partial charge in [0.1, 0.15) is 0 Å². The fraction of sp³-hybridized carbons (Fsp3) is 0.500. The Hall–Kier alpha value is -0.620. The molecule has 0 spiro atoms. The van der Waals surface area contributed by atoms with Crippen LogP contribution in [-0.4, -0.2) is 12.5 Å². The van der Waals surface area contributed by atoms with Crippen LogP contribution in [0.1, 0.15) is 32.1 Å². The van der Waals surface area contributed by atoms with Gasteiger partial charge in [-0.3, -0.25) is 4.79 Å². The van der Waals surface area contributed by atoms with Gasteiger partial charge in [0, 0.05) is 10.1 Å². The molecule has 1 aliphatic rings. The fourth-order valence-electron chi connectivity index (χ4n) is 2.57. The Balaban J connectivity index is 2.13. The number of benzene rings is 1. The van der Waals surface area contributed by atoms with E-state index in [1.54, 1.807) is 0 Å². The second kappa shape index (κ2) is 6.02. The number of amides is 1. The molecule has 1 aromatic rings. The predicted molar refractivity (Wildman–Crippen MR) is 82.4 cm³/mol. The molecule has 0 atom stereocenters. The maximum atomic E-state index is 12.5. The van der Waals surface area contributed by atoms with Crippen molar-refractivity contribution in [1.29, 1.82) is 0 Å². The van der Waals surface area contributed by atoms with Crippen molar-refractivity contribution in [3.05, 3.63) is 27.8 Å². The van der Waals surface area contributed by atoms with Crippen LogP contribution in [0.4, 0.5) is 5.69 Å². The predicted octanol–water partition coefficient (Wildman–Crippen LogP) is 3.14. The summed E-state index contributed by atoms with van der Waals surface area (Å²) in [6.07, 6.45) is 5.27. The lowest BCUT2D eigenvalue weighted by Crippen LogP contribution is -2.43. The molecule has 1 aliphatic carbocycles. The zero-order valence-electron chi connectivity index (χ0n) is 10.4. The Labute approximate surface area is 122 Å². The molecule has 2 rings (SSSR count). The summed E-state index contributed by atoms with van der Waals surface area (Å²) < 4.78 is 1.06. The quantitative estimate of drug-likeness (QED) is 0.816. The molecule has 1 amide bonds. The Morgan fingerprint density at radius 3 is 2.56 bits per heavy atom. The van der Waals surface area contributed by atoms with E-state index in [2.05, 4.69) is 27.9 Å². The first-order valence-electron chi connectivity index (χ1n) is 6.44. The molecule has 1 fully saturated rings. The van der Waals surface area contributed by atoms with Crippen LogP contribution in [-0.2, 0) is 4.79 Å². The Kier molecular flexibility index (Phi) is 4.61. The summed E-state index contributed by atoms with van der Waals surface area (Å²) in [5.41, 5.74) is 6.41. The number of nitrogens with two attached hydrogens (primary N) is 1. The first kappa shape index (κ1) is 13.8. The summed E-state index contributed by atoms with van der Waals surface area (Å²) in [4.78, 5) is 12.5. The second-order valence-corrected chi connectivity index (χ2v) is 6.14. The average Bonchev–Trinajstić information content (AvgIpc) is 2.42. The Bertz CT molecular complexity index is 428. The van der Waals surface area contributed by atoms with Crippen molar-refractivity contribution >= 4 is 34.2 Å². The van der Waals surface area contributed by atoms with Gasteiger partial charge in [0.05, 0.1) is 11.1 Å². The first-order valence-corrected chi connectivity index (χ1v) is 7.52. The maximum absolute atomic E-state index is 12.5. The van der Waals surface area contributed by atoms with Crippen molar-refractivity contribution in [2.24, 2.45) is 11.1 Å². The van der Waals surface area contributed by atoms with Crippen LogP contribution < -0.4 is 11.1 Å². The van der Waals surface area contributed by atoms with Gasteiger partial charge < -0.3 is 11.1 Å². The number of hydrogen-bond donors (Lipinski definition) is 2. The highest BCUT2D eigenvalue weighted by Crippen LogP contribution is 2.36. The topological polar surface area (TPSA) is 55.1 Å². The molecule has 3 nitrogen and oxygen atoms in total. The summed E-state index contributed by atoms with van der Waals surface area (Å²) >= 11 is 2.24. The normalized spacial score (nSPS) is 18.3. The average molecular weight is 358 g/mol. The number of halogens is 1. The number of rotatable bonds is 3. The van der Waals surface area contributed by atoms with Gasteiger partial charge in [-0.1, -0.05) is 31.4 Å².